The van der Waals surface area contributed by atoms with Crippen molar-refractivity contribution in [1.29, 1.82) is 0 Å². The van der Waals surface area contributed by atoms with Gasteiger partial charge in [0.1, 0.15) is 5.75 Å². The Morgan fingerprint density at radius 1 is 1.00 bits per heavy atom. The molecule has 1 aromatic carbocycles. The summed E-state index contributed by atoms with van der Waals surface area (Å²) >= 11 is 0. The average Bonchev–Trinajstić information content (AvgIpc) is 2.61. The SMILES string of the molecule is O=C1N[C@H](C(=O)O)COCCCCCCCCCOc2ccccc21. The van der Waals surface area contributed by atoms with Crippen LogP contribution in [0.5, 0.6) is 5.75 Å². The third-order valence-electron chi connectivity index (χ3n) is 4.21. The second kappa shape index (κ2) is 10.7. The lowest BCUT2D eigenvalue weighted by molar-refractivity contribution is -0.140. The van der Waals surface area contributed by atoms with E-state index in [0.717, 1.165) is 32.1 Å². The molecule has 1 aliphatic rings. The summed E-state index contributed by atoms with van der Waals surface area (Å²) < 4.78 is 11.2. The molecule has 0 saturated heterocycles. The number of fused-ring (bicyclic) bond motifs is 1. The summed E-state index contributed by atoms with van der Waals surface area (Å²) in [5.41, 5.74) is 0.345. The van der Waals surface area contributed by atoms with Gasteiger partial charge in [-0.2, -0.15) is 0 Å². The molecule has 0 saturated carbocycles. The molecule has 138 valence electrons. The Labute approximate surface area is 148 Å². The quantitative estimate of drug-likeness (QED) is 0.814. The van der Waals surface area contributed by atoms with Gasteiger partial charge in [0.2, 0.25) is 0 Å². The van der Waals surface area contributed by atoms with Gasteiger partial charge in [0.05, 0.1) is 18.8 Å². The monoisotopic (exact) mass is 349 g/mol. The second-order valence-corrected chi connectivity index (χ2v) is 6.26. The van der Waals surface area contributed by atoms with Crippen molar-refractivity contribution < 1.29 is 24.2 Å². The molecule has 0 spiro atoms. The summed E-state index contributed by atoms with van der Waals surface area (Å²) in [6, 6.07) is 5.83. The zero-order valence-electron chi connectivity index (χ0n) is 14.5. The molecule has 2 N–H and O–H groups in total. The molecule has 0 aromatic heterocycles. The zero-order chi connectivity index (χ0) is 17.9. The molecular weight excluding hydrogens is 322 g/mol. The van der Waals surface area contributed by atoms with Crippen LogP contribution in [0.2, 0.25) is 0 Å². The largest absolute Gasteiger partial charge is 0.493 e. The fraction of sp³-hybridized carbons (Fsp3) is 0.579. The summed E-state index contributed by atoms with van der Waals surface area (Å²) in [7, 11) is 0. The van der Waals surface area contributed by atoms with Crippen LogP contribution in [0.3, 0.4) is 0 Å². The van der Waals surface area contributed by atoms with Gasteiger partial charge in [-0.25, -0.2) is 4.79 Å². The smallest absolute Gasteiger partial charge is 0.328 e. The molecule has 0 unspecified atom stereocenters. The lowest BCUT2D eigenvalue weighted by atomic mass is 10.1. The maximum atomic E-state index is 12.5. The first kappa shape index (κ1) is 19.2. The fourth-order valence-corrected chi connectivity index (χ4v) is 2.76. The highest BCUT2D eigenvalue weighted by Gasteiger charge is 2.22. The molecule has 6 nitrogen and oxygen atoms in total. The Kier molecular flexibility index (Phi) is 8.25. The highest BCUT2D eigenvalue weighted by Crippen LogP contribution is 2.19. The minimum atomic E-state index is -1.11. The Morgan fingerprint density at radius 2 is 1.64 bits per heavy atom. The van der Waals surface area contributed by atoms with Crippen LogP contribution >= 0.6 is 0 Å². The van der Waals surface area contributed by atoms with Gasteiger partial charge in [0, 0.05) is 6.61 Å². The van der Waals surface area contributed by atoms with Crippen LogP contribution in [0.4, 0.5) is 0 Å². The first-order chi connectivity index (χ1) is 12.2. The third kappa shape index (κ3) is 6.74. The average molecular weight is 349 g/mol. The van der Waals surface area contributed by atoms with Gasteiger partial charge in [0.15, 0.2) is 6.04 Å². The molecule has 2 rings (SSSR count). The van der Waals surface area contributed by atoms with Crippen molar-refractivity contribution in [3.05, 3.63) is 29.8 Å². The van der Waals surface area contributed by atoms with E-state index in [-0.39, 0.29) is 6.61 Å². The first-order valence-corrected chi connectivity index (χ1v) is 9.01. The van der Waals surface area contributed by atoms with E-state index in [4.69, 9.17) is 9.47 Å². The van der Waals surface area contributed by atoms with E-state index < -0.39 is 17.9 Å². The molecule has 1 aromatic rings. The van der Waals surface area contributed by atoms with Crippen molar-refractivity contribution in [2.24, 2.45) is 0 Å². The van der Waals surface area contributed by atoms with Crippen molar-refractivity contribution in [1.82, 2.24) is 5.32 Å². The third-order valence-corrected chi connectivity index (χ3v) is 4.21. The van der Waals surface area contributed by atoms with Crippen LogP contribution < -0.4 is 10.1 Å². The summed E-state index contributed by atoms with van der Waals surface area (Å²) in [6.07, 6.45) is 7.55. The van der Waals surface area contributed by atoms with Crippen LogP contribution in [-0.2, 0) is 9.53 Å². The molecule has 0 fully saturated rings. The van der Waals surface area contributed by atoms with Gasteiger partial charge in [-0.3, -0.25) is 4.79 Å². The van der Waals surface area contributed by atoms with Gasteiger partial charge in [-0.05, 0) is 25.0 Å². The molecular formula is C19H27NO5. The summed E-state index contributed by atoms with van der Waals surface area (Å²) in [5, 5.41) is 11.8. The summed E-state index contributed by atoms with van der Waals surface area (Å²) in [6.45, 7) is 1.03. The van der Waals surface area contributed by atoms with E-state index in [2.05, 4.69) is 5.32 Å². The second-order valence-electron chi connectivity index (χ2n) is 6.26. The van der Waals surface area contributed by atoms with E-state index in [1.165, 1.54) is 12.8 Å². The number of hydrogen-bond donors (Lipinski definition) is 2. The molecule has 0 radical (unpaired) electrons. The Bertz CT molecular complexity index is 561. The summed E-state index contributed by atoms with van der Waals surface area (Å²) in [5.74, 6) is -1.09. The minimum absolute atomic E-state index is 0.0376. The van der Waals surface area contributed by atoms with Gasteiger partial charge >= 0.3 is 5.97 Å². The molecule has 6 heteroatoms. The van der Waals surface area contributed by atoms with Crippen LogP contribution in [-0.4, -0.2) is 42.8 Å². The van der Waals surface area contributed by atoms with Gasteiger partial charge in [0.25, 0.3) is 5.91 Å². The number of benzene rings is 1. The number of aliphatic carboxylic acids is 1. The number of para-hydroxylation sites is 1. The molecule has 1 heterocycles. The highest BCUT2D eigenvalue weighted by atomic mass is 16.5. The number of carbonyl (C=O) groups is 2. The minimum Gasteiger partial charge on any atom is -0.493 e. The molecule has 1 amide bonds. The molecule has 1 aliphatic heterocycles. The number of rotatable bonds is 1. The lowest BCUT2D eigenvalue weighted by Gasteiger charge is -2.16. The predicted molar refractivity (Wildman–Crippen MR) is 94.0 cm³/mol. The highest BCUT2D eigenvalue weighted by molar-refractivity contribution is 5.98. The topological polar surface area (TPSA) is 84.9 Å². The van der Waals surface area contributed by atoms with Crippen molar-refractivity contribution in [2.45, 2.75) is 51.0 Å². The molecule has 25 heavy (non-hydrogen) atoms. The van der Waals surface area contributed by atoms with Gasteiger partial charge in [-0.1, -0.05) is 44.2 Å². The van der Waals surface area contributed by atoms with Crippen molar-refractivity contribution >= 4 is 11.9 Å². The predicted octanol–water partition coefficient (Wildman–Crippen LogP) is 3.01. The number of nitrogens with one attached hydrogen (secondary N) is 1. The fourth-order valence-electron chi connectivity index (χ4n) is 2.76. The van der Waals surface area contributed by atoms with E-state index in [9.17, 15) is 14.7 Å². The molecule has 1 atom stereocenters. The number of carbonyl (C=O) groups excluding carboxylic acids is 1. The van der Waals surface area contributed by atoms with Gasteiger partial charge in [-0.15, -0.1) is 0 Å². The van der Waals surface area contributed by atoms with Crippen LogP contribution in [0.1, 0.15) is 55.3 Å². The van der Waals surface area contributed by atoms with Crippen LogP contribution in [0.15, 0.2) is 24.3 Å². The number of amides is 1. The normalized spacial score (nSPS) is 21.3. The first-order valence-electron chi connectivity index (χ1n) is 9.01. The summed E-state index contributed by atoms with van der Waals surface area (Å²) in [4.78, 5) is 23.8. The maximum absolute atomic E-state index is 12.5. The zero-order valence-corrected chi connectivity index (χ0v) is 14.5. The van der Waals surface area contributed by atoms with E-state index in [0.29, 0.717) is 24.5 Å². The lowest BCUT2D eigenvalue weighted by Crippen LogP contribution is -2.44. The Balaban J connectivity index is 2.07. The number of carboxylic acid groups (broad SMARTS) is 1. The standard InChI is InChI=1S/C19H27NO5/c21-18-15-10-6-7-11-17(15)25-13-9-5-3-1-2-4-8-12-24-14-16(20-18)19(22)23/h6-7,10-11,16H,1-5,8-9,12-14H2,(H,20,21)(H,22,23)/t16-/m0/s1. The number of carboxylic acids is 1. The Morgan fingerprint density at radius 3 is 2.36 bits per heavy atom. The van der Waals surface area contributed by atoms with Crippen molar-refractivity contribution in [2.75, 3.05) is 19.8 Å². The number of ether oxygens (including phenoxy) is 2. The number of hydrogen-bond acceptors (Lipinski definition) is 4. The van der Waals surface area contributed by atoms with Crippen molar-refractivity contribution in [3.8, 4) is 5.75 Å². The van der Waals surface area contributed by atoms with Gasteiger partial charge < -0.3 is 19.9 Å². The maximum Gasteiger partial charge on any atom is 0.328 e. The van der Waals surface area contributed by atoms with Crippen LogP contribution in [0, 0.1) is 0 Å². The van der Waals surface area contributed by atoms with E-state index in [1.54, 1.807) is 24.3 Å². The molecule has 0 aliphatic carbocycles. The van der Waals surface area contributed by atoms with Crippen LogP contribution in [0.25, 0.3) is 0 Å². The molecule has 0 bridgehead atoms. The Hall–Kier alpha value is -2.08. The van der Waals surface area contributed by atoms with E-state index in [1.807, 2.05) is 0 Å². The van der Waals surface area contributed by atoms with E-state index >= 15 is 0 Å². The van der Waals surface area contributed by atoms with Crippen molar-refractivity contribution in [3.63, 3.8) is 0 Å².